The van der Waals surface area contributed by atoms with Gasteiger partial charge in [-0.3, -0.25) is 57.7 Å². The van der Waals surface area contributed by atoms with Gasteiger partial charge in [-0.1, -0.05) is 88.4 Å². The van der Waals surface area contributed by atoms with Gasteiger partial charge in [-0.2, -0.15) is 0 Å². The molecule has 1 fully saturated rings. The summed E-state index contributed by atoms with van der Waals surface area (Å²) >= 11 is 0. The molecule has 1 saturated carbocycles. The average molecular weight is 1230 g/mol. The molecule has 0 saturated heterocycles. The molecule has 0 radical (unpaired) electrons. The van der Waals surface area contributed by atoms with E-state index < -0.39 is 139 Å². The lowest BCUT2D eigenvalue weighted by Crippen LogP contribution is -2.61. The topological polar surface area (TPSA) is 463 Å². The summed E-state index contributed by atoms with van der Waals surface area (Å²) in [5, 5.41) is 54.4. The minimum absolute atomic E-state index is 0.00468. The number of hydrogen-bond acceptors (Lipinski definition) is 14. The number of amides is 10. The van der Waals surface area contributed by atoms with Crippen LogP contribution in [-0.2, 0) is 65.6 Å². The molecule has 0 spiro atoms. The third kappa shape index (κ3) is 24.7. The van der Waals surface area contributed by atoms with Gasteiger partial charge in [0.05, 0.1) is 18.4 Å². The van der Waals surface area contributed by atoms with Crippen molar-refractivity contribution in [2.24, 2.45) is 39.9 Å². The monoisotopic (exact) mass is 1230 g/mol. The first kappa shape index (κ1) is 71.4. The molecule has 1 aliphatic rings. The minimum Gasteiger partial charge on any atom is -0.508 e. The van der Waals surface area contributed by atoms with Crippen LogP contribution < -0.4 is 65.1 Å². The lowest BCUT2D eigenvalue weighted by atomic mass is 9.84. The molecule has 0 bridgehead atoms. The fourth-order valence-corrected chi connectivity index (χ4v) is 10.2. The quantitative estimate of drug-likeness (QED) is 0.0148. The molecule has 0 aliphatic heterocycles. The number of nitrogens with two attached hydrogens (primary N) is 3. The van der Waals surface area contributed by atoms with Crippen LogP contribution in [0.1, 0.15) is 116 Å². The molecule has 1 heterocycles. The van der Waals surface area contributed by atoms with E-state index in [2.05, 4.69) is 57.8 Å². The zero-order valence-electron chi connectivity index (χ0n) is 50.5. The summed E-state index contributed by atoms with van der Waals surface area (Å²) in [5.74, 6) is -10.7. The summed E-state index contributed by atoms with van der Waals surface area (Å²) in [4.78, 5) is 154. The number of nitrogens with zero attached hydrogens (tertiary/aromatic N) is 1. The molecule has 28 heteroatoms. The fraction of sp³-hybridized carbons (Fsp3) is 0.533. The maximum Gasteiger partial charge on any atom is 0.303 e. The highest BCUT2D eigenvalue weighted by molar-refractivity contribution is 5.98. The molecule has 2 aromatic carbocycles. The van der Waals surface area contributed by atoms with Crippen LogP contribution in [0, 0.1) is 17.8 Å². The first-order valence-corrected chi connectivity index (χ1v) is 29.5. The molecule has 10 amide bonds. The number of primary amides is 2. The third-order valence-corrected chi connectivity index (χ3v) is 14.8. The molecule has 1 aromatic heterocycles. The van der Waals surface area contributed by atoms with E-state index in [4.69, 9.17) is 17.2 Å². The fourth-order valence-electron chi connectivity index (χ4n) is 10.2. The predicted molar refractivity (Wildman–Crippen MR) is 326 cm³/mol. The normalized spacial score (nSPS) is 15.8. The number of aromatic amines is 1. The van der Waals surface area contributed by atoms with Crippen LogP contribution >= 0.6 is 0 Å². The Bertz CT molecular complexity index is 2940. The van der Waals surface area contributed by atoms with Crippen molar-refractivity contribution in [3.05, 3.63) is 78.0 Å². The van der Waals surface area contributed by atoms with Gasteiger partial charge < -0.3 is 85.4 Å². The van der Waals surface area contributed by atoms with Gasteiger partial charge in [0.15, 0.2) is 5.96 Å². The largest absolute Gasteiger partial charge is 0.508 e. The molecule has 0 unspecified atom stereocenters. The molecular formula is C60H88N14O14. The Morgan fingerprint density at radius 3 is 1.90 bits per heavy atom. The number of aliphatic hydroxyl groups is 1. The van der Waals surface area contributed by atoms with Gasteiger partial charge in [0, 0.05) is 63.4 Å². The highest BCUT2D eigenvalue weighted by Gasteiger charge is 2.36. The summed E-state index contributed by atoms with van der Waals surface area (Å²) in [6, 6.07) is 3.03. The second-order valence-corrected chi connectivity index (χ2v) is 22.6. The van der Waals surface area contributed by atoms with Crippen LogP contribution in [0.2, 0.25) is 0 Å². The van der Waals surface area contributed by atoms with Crippen LogP contribution in [0.4, 0.5) is 0 Å². The number of fused-ring (bicyclic) bond motifs is 1. The molecule has 28 nitrogen and oxygen atoms in total. The molecule has 19 N–H and O–H groups in total. The maximum atomic E-state index is 14.2. The number of carboxylic acids is 1. The predicted octanol–water partition coefficient (Wildman–Crippen LogP) is -0.702. The summed E-state index contributed by atoms with van der Waals surface area (Å²) in [6.45, 7) is 6.30. The maximum absolute atomic E-state index is 14.2. The number of para-hydroxylation sites is 1. The number of aromatic nitrogens is 1. The van der Waals surface area contributed by atoms with Gasteiger partial charge in [0.2, 0.25) is 59.1 Å². The number of aromatic hydroxyl groups is 1. The lowest BCUT2D eigenvalue weighted by Gasteiger charge is -2.29. The van der Waals surface area contributed by atoms with E-state index in [0.29, 0.717) is 24.9 Å². The van der Waals surface area contributed by atoms with Crippen LogP contribution in [0.25, 0.3) is 10.9 Å². The van der Waals surface area contributed by atoms with Gasteiger partial charge >= 0.3 is 5.97 Å². The number of hydrogen-bond donors (Lipinski definition) is 16. The Labute approximate surface area is 510 Å². The molecule has 482 valence electrons. The molecule has 3 aromatic rings. The summed E-state index contributed by atoms with van der Waals surface area (Å²) < 4.78 is 0. The van der Waals surface area contributed by atoms with Crippen molar-refractivity contribution in [2.45, 2.75) is 166 Å². The SMILES string of the molecule is CN=C(N)NCCC[C@H](NC(=O)[C@@H](C=CCNC(=O)[C@H](CC1CCCCC1)NC(=O)[C@@H](NC(=O)[C@H](CC(N)=O)NC(=O)[C@H](CCC(=O)O)NC(=O)[C@@H](Cc1ccc(O)cc1)NC(C)=O)[C@@H](C)O)CC(C)C)C(=O)N[C@@H](Cc1c[nH]c2ccccc12)C(N)=O. The molecule has 1 aliphatic carbocycles. The van der Waals surface area contributed by atoms with E-state index in [9.17, 15) is 68.1 Å². The number of aliphatic imine (C=N–C) groups is 1. The third-order valence-electron chi connectivity index (χ3n) is 14.8. The zero-order valence-corrected chi connectivity index (χ0v) is 50.5. The first-order valence-electron chi connectivity index (χ1n) is 29.5. The number of phenols is 1. The van der Waals surface area contributed by atoms with E-state index in [0.717, 1.165) is 55.5 Å². The standard InChI is InChI=1S/C60H88N14O14/c1-33(2)27-38(53(82)69-43(18-12-26-66-60(63)64-5)55(84)71-45(52(62)81)30-39-32-67-42-17-10-9-16-41(39)42)15-11-25-65-54(83)46(28-36-13-7-6-8-14-36)73-59(88)51(34(3)75)74-58(87)48(31-49(61)78)72-56(85)44(23-24-50(79)80)70-57(86)47(68-35(4)76)29-37-19-21-40(77)22-20-37/h9-11,15-17,19-22,32-34,36,38,43-48,51,67,75,77H,6-8,12-14,18,23-31H2,1-5H3,(H2,61,78)(H2,62,81)(H,65,83)(H,68,76)(H,69,82)(H,70,86)(H,71,84)(H,72,85)(H,73,88)(H,74,87)(H,79,80)(H3,63,64,66)/t34-,38+,43+,44+,45+,46+,47-,48+,51+/m1/s1. The van der Waals surface area contributed by atoms with Crippen molar-refractivity contribution < 1.29 is 68.1 Å². The van der Waals surface area contributed by atoms with Gasteiger partial charge in [0.25, 0.3) is 0 Å². The number of nitrogens with one attached hydrogen (secondary N) is 10. The van der Waals surface area contributed by atoms with Crippen LogP contribution in [0.3, 0.4) is 0 Å². The number of carboxylic acid groups (broad SMARTS) is 1. The van der Waals surface area contributed by atoms with Gasteiger partial charge in [0.1, 0.15) is 48.0 Å². The second kappa shape index (κ2) is 36.2. The highest BCUT2D eigenvalue weighted by atomic mass is 16.4. The molecule has 9 atom stereocenters. The Balaban J connectivity index is 1.50. The van der Waals surface area contributed by atoms with E-state index in [1.807, 2.05) is 38.1 Å². The van der Waals surface area contributed by atoms with Crippen molar-refractivity contribution in [2.75, 3.05) is 20.1 Å². The average Bonchev–Trinajstić information content (AvgIpc) is 2.31. The van der Waals surface area contributed by atoms with Gasteiger partial charge in [-0.25, -0.2) is 0 Å². The minimum atomic E-state index is -1.86. The van der Waals surface area contributed by atoms with Crippen molar-refractivity contribution in [3.8, 4) is 5.75 Å². The van der Waals surface area contributed by atoms with Gasteiger partial charge in [-0.15, -0.1) is 0 Å². The number of H-pyrrole nitrogens is 1. The Kier molecular flexibility index (Phi) is 29.3. The number of carbonyl (C=O) groups excluding carboxylic acids is 10. The van der Waals surface area contributed by atoms with E-state index in [-0.39, 0.29) is 55.8 Å². The number of benzene rings is 2. The number of aliphatic hydroxyl groups excluding tert-OH is 1. The van der Waals surface area contributed by atoms with Gasteiger partial charge in [-0.05, 0) is 80.2 Å². The van der Waals surface area contributed by atoms with E-state index in [1.165, 1.54) is 38.2 Å². The van der Waals surface area contributed by atoms with E-state index >= 15 is 0 Å². The Morgan fingerprint density at radius 2 is 1.28 bits per heavy atom. The van der Waals surface area contributed by atoms with Crippen molar-refractivity contribution in [3.63, 3.8) is 0 Å². The Morgan fingerprint density at radius 1 is 0.682 bits per heavy atom. The Hall–Kier alpha value is -9.08. The van der Waals surface area contributed by atoms with Crippen LogP contribution in [0.5, 0.6) is 5.75 Å². The van der Waals surface area contributed by atoms with Crippen molar-refractivity contribution >= 4 is 81.9 Å². The van der Waals surface area contributed by atoms with E-state index in [1.54, 1.807) is 18.3 Å². The second-order valence-electron chi connectivity index (χ2n) is 22.6. The van der Waals surface area contributed by atoms with Crippen LogP contribution in [-0.4, -0.2) is 160 Å². The van der Waals surface area contributed by atoms with Crippen molar-refractivity contribution in [1.29, 1.82) is 0 Å². The number of guanidine groups is 1. The number of carbonyl (C=O) groups is 11. The lowest BCUT2D eigenvalue weighted by molar-refractivity contribution is -0.139. The summed E-state index contributed by atoms with van der Waals surface area (Å²) in [6.07, 6.45) is 6.33. The molecular weight excluding hydrogens is 1140 g/mol. The number of rotatable bonds is 36. The highest BCUT2D eigenvalue weighted by Crippen LogP contribution is 2.28. The zero-order chi connectivity index (χ0) is 65.0. The van der Waals surface area contributed by atoms with Crippen LogP contribution in [0.15, 0.2) is 71.9 Å². The smallest absolute Gasteiger partial charge is 0.303 e. The summed E-state index contributed by atoms with van der Waals surface area (Å²) in [7, 11) is 1.51. The van der Waals surface area contributed by atoms with Crippen molar-refractivity contribution in [1.82, 2.24) is 52.8 Å². The number of aliphatic carboxylic acids is 1. The molecule has 88 heavy (non-hydrogen) atoms. The first-order chi connectivity index (χ1) is 41.7. The summed E-state index contributed by atoms with van der Waals surface area (Å²) in [5.41, 5.74) is 19.2. The molecule has 4 rings (SSSR count). The number of phenolic OH excluding ortho intramolecular Hbond substituents is 1.